The van der Waals surface area contributed by atoms with Crippen LogP contribution in [0.15, 0.2) is 0 Å². The molecule has 4 nitrogen and oxygen atoms in total. The molecule has 0 heterocycles. The highest BCUT2D eigenvalue weighted by molar-refractivity contribution is 4.64. The normalized spacial score (nSPS) is 15.3. The Bertz CT molecular complexity index is 150. The minimum absolute atomic E-state index is 0.235. The number of methoxy groups -OCH3 is 1. The van der Waals surface area contributed by atoms with Crippen molar-refractivity contribution in [3.8, 4) is 0 Å². The molecule has 0 rings (SSSR count). The van der Waals surface area contributed by atoms with Crippen molar-refractivity contribution >= 4 is 0 Å². The van der Waals surface area contributed by atoms with E-state index in [0.29, 0.717) is 0 Å². The average Bonchev–Trinajstić information content (AvgIpc) is 2.11. The van der Waals surface area contributed by atoms with E-state index in [0.717, 1.165) is 25.7 Å². The fourth-order valence-electron chi connectivity index (χ4n) is 1.29. The third-order valence-corrected chi connectivity index (χ3v) is 2.27. The molecule has 78 valence electrons. The molecule has 0 aromatic carbocycles. The van der Waals surface area contributed by atoms with Crippen LogP contribution in [0.25, 0.3) is 0 Å². The van der Waals surface area contributed by atoms with Gasteiger partial charge in [-0.05, 0) is 6.42 Å². The fraction of sp³-hybridized carbons (Fsp3) is 1.00. The van der Waals surface area contributed by atoms with Crippen molar-refractivity contribution < 1.29 is 9.66 Å². The second-order valence-corrected chi connectivity index (χ2v) is 3.30. The van der Waals surface area contributed by atoms with Crippen LogP contribution in [0.5, 0.6) is 0 Å². The van der Waals surface area contributed by atoms with Crippen molar-refractivity contribution in [3.63, 3.8) is 0 Å². The van der Waals surface area contributed by atoms with Crippen molar-refractivity contribution in [3.05, 3.63) is 10.1 Å². The third kappa shape index (κ3) is 4.83. The predicted molar refractivity (Wildman–Crippen MR) is 51.4 cm³/mol. The Hall–Kier alpha value is -0.640. The van der Waals surface area contributed by atoms with Gasteiger partial charge in [-0.1, -0.05) is 26.2 Å². The average molecular weight is 189 g/mol. The summed E-state index contributed by atoms with van der Waals surface area (Å²) < 4.78 is 5.08. The van der Waals surface area contributed by atoms with Gasteiger partial charge in [-0.2, -0.15) is 0 Å². The summed E-state index contributed by atoms with van der Waals surface area (Å²) in [5.74, 6) is 0. The first-order valence-corrected chi connectivity index (χ1v) is 4.79. The lowest BCUT2D eigenvalue weighted by atomic mass is 10.1. The number of hydrogen-bond donors (Lipinski definition) is 0. The molecule has 0 radical (unpaired) electrons. The molecule has 0 N–H and O–H groups in total. The van der Waals surface area contributed by atoms with Gasteiger partial charge in [-0.15, -0.1) is 0 Å². The van der Waals surface area contributed by atoms with Crippen molar-refractivity contribution in [1.29, 1.82) is 0 Å². The zero-order valence-electron chi connectivity index (χ0n) is 8.66. The first-order chi connectivity index (χ1) is 6.13. The van der Waals surface area contributed by atoms with Gasteiger partial charge in [0.1, 0.15) is 6.10 Å². The highest BCUT2D eigenvalue weighted by atomic mass is 16.6. The summed E-state index contributed by atoms with van der Waals surface area (Å²) in [7, 11) is 1.54. The van der Waals surface area contributed by atoms with Crippen LogP contribution in [0.1, 0.15) is 39.5 Å². The van der Waals surface area contributed by atoms with Crippen molar-refractivity contribution in [1.82, 2.24) is 0 Å². The minimum atomic E-state index is -0.596. The zero-order chi connectivity index (χ0) is 10.3. The van der Waals surface area contributed by atoms with E-state index in [9.17, 15) is 10.1 Å². The van der Waals surface area contributed by atoms with Crippen molar-refractivity contribution in [2.45, 2.75) is 51.7 Å². The van der Waals surface area contributed by atoms with E-state index in [1.807, 2.05) is 0 Å². The van der Waals surface area contributed by atoms with Gasteiger partial charge in [0, 0.05) is 19.0 Å². The number of nitro groups is 1. The van der Waals surface area contributed by atoms with Gasteiger partial charge in [-0.25, -0.2) is 0 Å². The van der Waals surface area contributed by atoms with Gasteiger partial charge in [0.2, 0.25) is 6.04 Å². The Morgan fingerprint density at radius 3 is 2.46 bits per heavy atom. The molecule has 4 heteroatoms. The van der Waals surface area contributed by atoms with Gasteiger partial charge in [0.05, 0.1) is 0 Å². The molecule has 0 aliphatic heterocycles. The summed E-state index contributed by atoms with van der Waals surface area (Å²) >= 11 is 0. The Labute approximate surface area is 79.4 Å². The predicted octanol–water partition coefficient (Wildman–Crippen LogP) is 2.25. The molecule has 0 saturated carbocycles. The summed E-state index contributed by atoms with van der Waals surface area (Å²) in [5.41, 5.74) is 0. The van der Waals surface area contributed by atoms with Crippen LogP contribution in [-0.4, -0.2) is 24.2 Å². The molecular formula is C9H19NO3. The van der Waals surface area contributed by atoms with E-state index in [-0.39, 0.29) is 11.0 Å². The molecule has 0 aliphatic rings. The molecule has 0 amide bonds. The van der Waals surface area contributed by atoms with Gasteiger partial charge in [0.25, 0.3) is 0 Å². The Morgan fingerprint density at radius 2 is 2.08 bits per heavy atom. The molecule has 2 atom stereocenters. The first-order valence-electron chi connectivity index (χ1n) is 4.79. The maximum atomic E-state index is 10.5. The lowest BCUT2D eigenvalue weighted by Crippen LogP contribution is -2.32. The molecule has 0 fully saturated rings. The number of rotatable bonds is 7. The summed E-state index contributed by atoms with van der Waals surface area (Å²) in [4.78, 5) is 10.2. The Kier molecular flexibility index (Phi) is 6.49. The lowest BCUT2D eigenvalue weighted by molar-refractivity contribution is -0.530. The molecule has 0 aromatic heterocycles. The van der Waals surface area contributed by atoms with E-state index in [4.69, 9.17) is 4.74 Å². The molecule has 0 saturated heterocycles. The highest BCUT2D eigenvalue weighted by Gasteiger charge is 2.25. The molecule has 0 aliphatic carbocycles. The van der Waals surface area contributed by atoms with E-state index < -0.39 is 6.04 Å². The molecule has 0 spiro atoms. The van der Waals surface area contributed by atoms with Gasteiger partial charge in [0.15, 0.2) is 0 Å². The summed E-state index contributed by atoms with van der Waals surface area (Å²) in [6, 6.07) is -0.596. The number of hydrogen-bond acceptors (Lipinski definition) is 3. The third-order valence-electron chi connectivity index (χ3n) is 2.27. The second-order valence-electron chi connectivity index (χ2n) is 3.30. The molecule has 0 bridgehead atoms. The lowest BCUT2D eigenvalue weighted by Gasteiger charge is -2.15. The quantitative estimate of drug-likeness (QED) is 0.350. The van der Waals surface area contributed by atoms with Crippen LogP contribution in [0.2, 0.25) is 0 Å². The standard InChI is InChI=1S/C9H19NO3/c1-4-5-6-7-9(13-3)8(2)10(11)12/h8-9H,4-7H2,1-3H3. The molecular weight excluding hydrogens is 170 g/mol. The fourth-order valence-corrected chi connectivity index (χ4v) is 1.29. The maximum absolute atomic E-state index is 10.5. The van der Waals surface area contributed by atoms with E-state index in [1.54, 1.807) is 6.92 Å². The Balaban J connectivity index is 3.80. The maximum Gasteiger partial charge on any atom is 0.236 e. The van der Waals surface area contributed by atoms with E-state index in [2.05, 4.69) is 6.92 Å². The first kappa shape index (κ1) is 12.4. The largest absolute Gasteiger partial charge is 0.374 e. The molecule has 13 heavy (non-hydrogen) atoms. The van der Waals surface area contributed by atoms with Crippen LogP contribution >= 0.6 is 0 Å². The summed E-state index contributed by atoms with van der Waals surface area (Å²) in [5, 5.41) is 10.5. The molecule has 2 unspecified atom stereocenters. The number of nitrogens with zero attached hydrogens (tertiary/aromatic N) is 1. The monoisotopic (exact) mass is 189 g/mol. The van der Waals surface area contributed by atoms with Crippen LogP contribution in [0.4, 0.5) is 0 Å². The summed E-state index contributed by atoms with van der Waals surface area (Å²) in [6.45, 7) is 3.71. The second kappa shape index (κ2) is 6.83. The highest BCUT2D eigenvalue weighted by Crippen LogP contribution is 2.11. The van der Waals surface area contributed by atoms with Crippen LogP contribution < -0.4 is 0 Å². The number of unbranched alkanes of at least 4 members (excludes halogenated alkanes) is 2. The van der Waals surface area contributed by atoms with Crippen molar-refractivity contribution in [2.75, 3.05) is 7.11 Å². The van der Waals surface area contributed by atoms with E-state index in [1.165, 1.54) is 7.11 Å². The smallest absolute Gasteiger partial charge is 0.236 e. The van der Waals surface area contributed by atoms with Crippen molar-refractivity contribution in [2.24, 2.45) is 0 Å². The Morgan fingerprint density at radius 1 is 1.46 bits per heavy atom. The van der Waals surface area contributed by atoms with E-state index >= 15 is 0 Å². The SMILES string of the molecule is CCCCCC(OC)C(C)[N+](=O)[O-]. The van der Waals surface area contributed by atoms with Gasteiger partial charge >= 0.3 is 0 Å². The number of ether oxygens (including phenoxy) is 1. The zero-order valence-corrected chi connectivity index (χ0v) is 8.66. The van der Waals surface area contributed by atoms with Crippen LogP contribution in [-0.2, 0) is 4.74 Å². The van der Waals surface area contributed by atoms with Gasteiger partial charge in [-0.3, -0.25) is 10.1 Å². The van der Waals surface area contributed by atoms with Gasteiger partial charge < -0.3 is 4.74 Å². The molecule has 0 aromatic rings. The van der Waals surface area contributed by atoms with Crippen LogP contribution in [0.3, 0.4) is 0 Å². The minimum Gasteiger partial charge on any atom is -0.374 e. The summed E-state index contributed by atoms with van der Waals surface area (Å²) in [6.07, 6.45) is 3.80. The van der Waals surface area contributed by atoms with Crippen LogP contribution in [0, 0.1) is 10.1 Å². The topological polar surface area (TPSA) is 52.4 Å².